The van der Waals surface area contributed by atoms with Gasteiger partial charge in [-0.1, -0.05) is 24.3 Å². The SMILES string of the molecule is COc1cc(CNC(=O)N(C)CCCN(C)c2nc3ccccc3n2Cc2ccc(F)cc2)cc(OC)c1. The van der Waals surface area contributed by atoms with Crippen LogP contribution in [-0.2, 0) is 13.1 Å². The molecule has 8 nitrogen and oxygen atoms in total. The Balaban J connectivity index is 1.35. The fourth-order valence-corrected chi connectivity index (χ4v) is 4.31. The number of hydrogen-bond acceptors (Lipinski definition) is 5. The Labute approximate surface area is 222 Å². The number of urea groups is 1. The fraction of sp³-hybridized carbons (Fsp3) is 0.310. The molecule has 1 N–H and O–H groups in total. The number of anilines is 1. The molecule has 200 valence electrons. The van der Waals surface area contributed by atoms with Crippen LogP contribution in [0.4, 0.5) is 15.1 Å². The average molecular weight is 520 g/mol. The first-order valence-electron chi connectivity index (χ1n) is 12.5. The zero-order valence-corrected chi connectivity index (χ0v) is 22.3. The maximum Gasteiger partial charge on any atom is 0.317 e. The van der Waals surface area contributed by atoms with Gasteiger partial charge in [0.1, 0.15) is 17.3 Å². The maximum atomic E-state index is 13.4. The number of fused-ring (bicyclic) bond motifs is 1. The summed E-state index contributed by atoms with van der Waals surface area (Å²) in [4.78, 5) is 21.3. The molecule has 1 heterocycles. The molecule has 0 aliphatic rings. The highest BCUT2D eigenvalue weighted by Crippen LogP contribution is 2.24. The van der Waals surface area contributed by atoms with E-state index < -0.39 is 0 Å². The van der Waals surface area contributed by atoms with Gasteiger partial charge in [-0.25, -0.2) is 14.2 Å². The summed E-state index contributed by atoms with van der Waals surface area (Å²) in [5, 5.41) is 2.95. The van der Waals surface area contributed by atoms with E-state index in [2.05, 4.69) is 14.8 Å². The molecule has 0 saturated carbocycles. The van der Waals surface area contributed by atoms with E-state index in [4.69, 9.17) is 14.5 Å². The van der Waals surface area contributed by atoms with E-state index >= 15 is 0 Å². The molecule has 0 unspecified atom stereocenters. The Hall–Kier alpha value is -4.27. The largest absolute Gasteiger partial charge is 0.497 e. The average Bonchev–Trinajstić information content (AvgIpc) is 3.30. The number of ether oxygens (including phenoxy) is 2. The minimum Gasteiger partial charge on any atom is -0.497 e. The summed E-state index contributed by atoms with van der Waals surface area (Å²) < 4.78 is 26.2. The molecular formula is C29H34FN5O3. The number of benzene rings is 3. The first-order valence-corrected chi connectivity index (χ1v) is 12.5. The van der Waals surface area contributed by atoms with Gasteiger partial charge in [0, 0.05) is 39.8 Å². The predicted octanol–water partition coefficient (Wildman–Crippen LogP) is 4.91. The molecule has 2 amide bonds. The van der Waals surface area contributed by atoms with Crippen LogP contribution in [0, 0.1) is 5.82 Å². The smallest absolute Gasteiger partial charge is 0.317 e. The zero-order valence-electron chi connectivity index (χ0n) is 22.3. The minimum atomic E-state index is -0.252. The Morgan fingerprint density at radius 1 is 0.947 bits per heavy atom. The Morgan fingerprint density at radius 3 is 2.32 bits per heavy atom. The molecule has 0 bridgehead atoms. The van der Waals surface area contributed by atoms with Gasteiger partial charge in [-0.3, -0.25) is 0 Å². The van der Waals surface area contributed by atoms with Crippen LogP contribution in [0.1, 0.15) is 17.5 Å². The Morgan fingerprint density at radius 2 is 1.63 bits per heavy atom. The van der Waals surface area contributed by atoms with Crippen molar-refractivity contribution in [1.29, 1.82) is 0 Å². The third-order valence-corrected chi connectivity index (χ3v) is 6.42. The molecule has 0 saturated heterocycles. The number of methoxy groups -OCH3 is 2. The van der Waals surface area contributed by atoms with Gasteiger partial charge < -0.3 is 29.2 Å². The Kier molecular flexibility index (Phi) is 8.68. The summed E-state index contributed by atoms with van der Waals surface area (Å²) in [7, 11) is 6.98. The summed E-state index contributed by atoms with van der Waals surface area (Å²) in [6.07, 6.45) is 0.757. The van der Waals surface area contributed by atoms with Crippen molar-refractivity contribution < 1.29 is 18.7 Å². The summed E-state index contributed by atoms with van der Waals surface area (Å²) >= 11 is 0. The lowest BCUT2D eigenvalue weighted by Crippen LogP contribution is -2.38. The van der Waals surface area contributed by atoms with Crippen molar-refractivity contribution in [2.45, 2.75) is 19.5 Å². The summed E-state index contributed by atoms with van der Waals surface area (Å²) in [5.74, 6) is 1.93. The van der Waals surface area contributed by atoms with Gasteiger partial charge in [-0.05, 0) is 53.9 Å². The number of imidazole rings is 1. The standard InChI is InChI=1S/C29H34FN5O3/c1-33(14-7-15-34(2)29(36)31-19-22-16-24(37-3)18-25(17-22)38-4)28-32-26-8-5-6-9-27(26)35(28)20-21-10-12-23(30)13-11-21/h5-6,8-13,16-18H,7,14-15,19-20H2,1-4H3,(H,31,36). The lowest BCUT2D eigenvalue weighted by atomic mass is 10.2. The maximum absolute atomic E-state index is 13.4. The molecule has 0 radical (unpaired) electrons. The third-order valence-electron chi connectivity index (χ3n) is 6.42. The highest BCUT2D eigenvalue weighted by Gasteiger charge is 2.16. The van der Waals surface area contributed by atoms with E-state index in [0.29, 0.717) is 37.7 Å². The van der Waals surface area contributed by atoms with E-state index in [9.17, 15) is 9.18 Å². The molecule has 9 heteroatoms. The van der Waals surface area contributed by atoms with Crippen LogP contribution in [0.5, 0.6) is 11.5 Å². The lowest BCUT2D eigenvalue weighted by Gasteiger charge is -2.23. The number of nitrogens with one attached hydrogen (secondary N) is 1. The number of halogens is 1. The predicted molar refractivity (Wildman–Crippen MR) is 148 cm³/mol. The second-order valence-corrected chi connectivity index (χ2v) is 9.19. The van der Waals surface area contributed by atoms with Crippen molar-refractivity contribution in [3.63, 3.8) is 0 Å². The fourth-order valence-electron chi connectivity index (χ4n) is 4.31. The van der Waals surface area contributed by atoms with E-state index in [-0.39, 0.29) is 11.8 Å². The van der Waals surface area contributed by atoms with E-state index in [0.717, 1.165) is 34.5 Å². The van der Waals surface area contributed by atoms with E-state index in [1.54, 1.807) is 44.4 Å². The highest BCUT2D eigenvalue weighted by molar-refractivity contribution is 5.79. The van der Waals surface area contributed by atoms with Crippen LogP contribution < -0.4 is 19.7 Å². The van der Waals surface area contributed by atoms with Gasteiger partial charge >= 0.3 is 6.03 Å². The monoisotopic (exact) mass is 519 g/mol. The van der Waals surface area contributed by atoms with Gasteiger partial charge in [-0.15, -0.1) is 0 Å². The van der Waals surface area contributed by atoms with Crippen LogP contribution in [-0.4, -0.2) is 61.9 Å². The lowest BCUT2D eigenvalue weighted by molar-refractivity contribution is 0.208. The third kappa shape index (κ3) is 6.53. The van der Waals surface area contributed by atoms with Crippen LogP contribution in [0.25, 0.3) is 11.0 Å². The highest BCUT2D eigenvalue weighted by atomic mass is 19.1. The first kappa shape index (κ1) is 26.8. The topological polar surface area (TPSA) is 71.9 Å². The molecule has 0 aliphatic carbocycles. The second kappa shape index (κ2) is 12.3. The number of hydrogen-bond donors (Lipinski definition) is 1. The van der Waals surface area contributed by atoms with Gasteiger partial charge in [0.05, 0.1) is 31.8 Å². The number of carbonyl (C=O) groups excluding carboxylic acids is 1. The second-order valence-electron chi connectivity index (χ2n) is 9.19. The van der Waals surface area contributed by atoms with Crippen molar-refractivity contribution in [1.82, 2.24) is 19.8 Å². The van der Waals surface area contributed by atoms with Crippen molar-refractivity contribution in [3.8, 4) is 11.5 Å². The molecule has 0 fully saturated rings. The normalized spacial score (nSPS) is 10.9. The van der Waals surface area contributed by atoms with Gasteiger partial charge in [0.2, 0.25) is 5.95 Å². The first-order chi connectivity index (χ1) is 18.4. The number of nitrogens with zero attached hydrogens (tertiary/aromatic N) is 4. The van der Waals surface area contributed by atoms with Gasteiger partial charge in [0.25, 0.3) is 0 Å². The molecule has 0 atom stereocenters. The zero-order chi connectivity index (χ0) is 27.1. The van der Waals surface area contributed by atoms with Crippen LogP contribution >= 0.6 is 0 Å². The number of carbonyl (C=O) groups is 1. The van der Waals surface area contributed by atoms with Crippen molar-refractivity contribution in [3.05, 3.63) is 83.7 Å². The number of amides is 2. The Bertz CT molecular complexity index is 1350. The summed E-state index contributed by atoms with van der Waals surface area (Å²) in [5.41, 5.74) is 3.81. The van der Waals surface area contributed by atoms with E-state index in [1.165, 1.54) is 12.1 Å². The molecular weight excluding hydrogens is 485 g/mol. The molecule has 38 heavy (non-hydrogen) atoms. The summed E-state index contributed by atoms with van der Waals surface area (Å²) in [6, 6.07) is 19.9. The summed E-state index contributed by atoms with van der Waals surface area (Å²) in [6.45, 7) is 2.23. The van der Waals surface area contributed by atoms with Crippen LogP contribution in [0.3, 0.4) is 0 Å². The molecule has 0 spiro atoms. The van der Waals surface area contributed by atoms with Crippen molar-refractivity contribution in [2.24, 2.45) is 0 Å². The molecule has 0 aliphatic heterocycles. The molecule has 4 rings (SSSR count). The number of rotatable bonds is 11. The quantitative estimate of drug-likeness (QED) is 0.305. The van der Waals surface area contributed by atoms with E-state index in [1.807, 2.05) is 43.4 Å². The number of aromatic nitrogens is 2. The molecule has 1 aromatic heterocycles. The van der Waals surface area contributed by atoms with Crippen molar-refractivity contribution in [2.75, 3.05) is 46.3 Å². The van der Waals surface area contributed by atoms with Gasteiger partial charge in [0.15, 0.2) is 0 Å². The number of para-hydroxylation sites is 2. The van der Waals surface area contributed by atoms with Crippen molar-refractivity contribution >= 4 is 23.0 Å². The molecule has 3 aromatic carbocycles. The minimum absolute atomic E-state index is 0.155. The van der Waals surface area contributed by atoms with Gasteiger partial charge in [-0.2, -0.15) is 0 Å². The molecule has 4 aromatic rings. The van der Waals surface area contributed by atoms with Crippen LogP contribution in [0.2, 0.25) is 0 Å². The van der Waals surface area contributed by atoms with Crippen LogP contribution in [0.15, 0.2) is 66.7 Å².